The van der Waals surface area contributed by atoms with Crippen molar-refractivity contribution in [3.05, 3.63) is 90.3 Å². The Morgan fingerprint density at radius 2 is 1.75 bits per heavy atom. The molecule has 6 nitrogen and oxygen atoms in total. The molecule has 3 N–H and O–H groups in total. The van der Waals surface area contributed by atoms with Crippen molar-refractivity contribution in [1.29, 1.82) is 0 Å². The number of carbonyl (C=O) groups is 1. The van der Waals surface area contributed by atoms with E-state index in [2.05, 4.69) is 4.98 Å². The minimum Gasteiger partial charge on any atom is -0.385 e. The molecule has 28 heavy (non-hydrogen) atoms. The Hall–Kier alpha value is -3.06. The Kier molecular flexibility index (Phi) is 6.16. The van der Waals surface area contributed by atoms with E-state index in [1.165, 1.54) is 13.1 Å². The maximum Gasteiger partial charge on any atom is 0.278 e. The van der Waals surface area contributed by atoms with Gasteiger partial charge in [-0.3, -0.25) is 15.0 Å². The van der Waals surface area contributed by atoms with Gasteiger partial charge < -0.3 is 9.84 Å². The highest BCUT2D eigenvalue weighted by molar-refractivity contribution is 5.84. The summed E-state index contributed by atoms with van der Waals surface area (Å²) in [5.41, 5.74) is 3.29. The molecule has 0 bridgehead atoms. The van der Waals surface area contributed by atoms with Crippen LogP contribution in [-0.2, 0) is 16.1 Å². The standard InChI is InChI=1S/C22H22N2O4/c1-22(21(26)24-27,20(25)19-8-5-13-23-14-19)28-15-16-9-11-18(12-10-16)17-6-3-2-4-7-17/h2-14,20,25,27H,15H2,1H3,(H,24,26)/t20-,22+/m1/s1. The number of amides is 1. The second-order valence-corrected chi connectivity index (χ2v) is 6.59. The number of hydroxylamine groups is 1. The first-order valence-corrected chi connectivity index (χ1v) is 8.85. The van der Waals surface area contributed by atoms with Crippen molar-refractivity contribution in [1.82, 2.24) is 10.5 Å². The van der Waals surface area contributed by atoms with Gasteiger partial charge >= 0.3 is 0 Å². The van der Waals surface area contributed by atoms with E-state index in [1.807, 2.05) is 54.6 Å². The summed E-state index contributed by atoms with van der Waals surface area (Å²) in [7, 11) is 0. The molecule has 0 radical (unpaired) electrons. The highest BCUT2D eigenvalue weighted by Gasteiger charge is 2.43. The third-order valence-corrected chi connectivity index (χ3v) is 4.67. The molecule has 0 spiro atoms. The summed E-state index contributed by atoms with van der Waals surface area (Å²) in [6.07, 6.45) is 1.71. The molecule has 0 aliphatic rings. The molecule has 0 unspecified atom stereocenters. The Labute approximate surface area is 163 Å². The van der Waals surface area contributed by atoms with Gasteiger partial charge in [0.2, 0.25) is 0 Å². The third-order valence-electron chi connectivity index (χ3n) is 4.67. The van der Waals surface area contributed by atoms with Gasteiger partial charge in [0.15, 0.2) is 5.60 Å². The predicted octanol–water partition coefficient (Wildman–Crippen LogP) is 3.26. The van der Waals surface area contributed by atoms with Gasteiger partial charge in [-0.1, -0.05) is 60.7 Å². The Bertz CT molecular complexity index is 901. The molecule has 1 amide bonds. The van der Waals surface area contributed by atoms with Crippen LogP contribution in [0.25, 0.3) is 11.1 Å². The van der Waals surface area contributed by atoms with Crippen molar-refractivity contribution in [2.75, 3.05) is 0 Å². The van der Waals surface area contributed by atoms with Crippen LogP contribution in [0.4, 0.5) is 0 Å². The van der Waals surface area contributed by atoms with Crippen molar-refractivity contribution in [2.45, 2.75) is 25.2 Å². The Morgan fingerprint density at radius 1 is 1.07 bits per heavy atom. The number of aliphatic hydroxyl groups excluding tert-OH is 1. The van der Waals surface area contributed by atoms with Crippen LogP contribution in [0.5, 0.6) is 0 Å². The minimum absolute atomic E-state index is 0.0797. The summed E-state index contributed by atoms with van der Waals surface area (Å²) in [4.78, 5) is 16.2. The molecule has 0 saturated carbocycles. The van der Waals surface area contributed by atoms with E-state index >= 15 is 0 Å². The van der Waals surface area contributed by atoms with E-state index in [0.717, 1.165) is 16.7 Å². The van der Waals surface area contributed by atoms with Gasteiger partial charge in [-0.05, 0) is 29.7 Å². The molecule has 2 atom stereocenters. The monoisotopic (exact) mass is 378 g/mol. The van der Waals surface area contributed by atoms with Crippen molar-refractivity contribution in [2.24, 2.45) is 0 Å². The molecule has 0 fully saturated rings. The lowest BCUT2D eigenvalue weighted by atomic mass is 9.92. The summed E-state index contributed by atoms with van der Waals surface area (Å²) in [5.74, 6) is -0.843. The number of nitrogens with zero attached hydrogens (tertiary/aromatic N) is 1. The molecular formula is C22H22N2O4. The number of carbonyl (C=O) groups excluding carboxylic acids is 1. The van der Waals surface area contributed by atoms with Crippen molar-refractivity contribution < 1.29 is 19.8 Å². The molecule has 2 aromatic carbocycles. The van der Waals surface area contributed by atoms with Crippen LogP contribution in [0, 0.1) is 0 Å². The lowest BCUT2D eigenvalue weighted by Gasteiger charge is -2.32. The number of aliphatic hydroxyl groups is 1. The number of hydrogen-bond donors (Lipinski definition) is 3. The molecule has 1 heterocycles. The number of hydrogen-bond acceptors (Lipinski definition) is 5. The highest BCUT2D eigenvalue weighted by Crippen LogP contribution is 2.30. The van der Waals surface area contributed by atoms with Gasteiger partial charge in [0.05, 0.1) is 6.61 Å². The molecule has 0 aliphatic carbocycles. The number of aromatic nitrogens is 1. The van der Waals surface area contributed by atoms with E-state index < -0.39 is 17.6 Å². The van der Waals surface area contributed by atoms with E-state index in [-0.39, 0.29) is 6.61 Å². The van der Waals surface area contributed by atoms with E-state index in [0.29, 0.717) is 5.56 Å². The van der Waals surface area contributed by atoms with Crippen molar-refractivity contribution >= 4 is 5.91 Å². The van der Waals surface area contributed by atoms with Crippen LogP contribution >= 0.6 is 0 Å². The fourth-order valence-electron chi connectivity index (χ4n) is 2.89. The summed E-state index contributed by atoms with van der Waals surface area (Å²) in [6.45, 7) is 1.50. The Balaban J connectivity index is 1.76. The third kappa shape index (κ3) is 4.26. The first-order chi connectivity index (χ1) is 13.5. The minimum atomic E-state index is -1.70. The summed E-state index contributed by atoms with van der Waals surface area (Å²) in [5, 5.41) is 19.8. The van der Waals surface area contributed by atoms with Gasteiger partial charge in [0.1, 0.15) is 6.10 Å². The summed E-state index contributed by atoms with van der Waals surface area (Å²) < 4.78 is 5.78. The van der Waals surface area contributed by atoms with Crippen molar-refractivity contribution in [3.8, 4) is 11.1 Å². The van der Waals surface area contributed by atoms with Gasteiger partial charge in [0, 0.05) is 18.0 Å². The van der Waals surface area contributed by atoms with E-state index in [1.54, 1.807) is 23.8 Å². The van der Waals surface area contributed by atoms with Crippen LogP contribution in [0.1, 0.15) is 24.2 Å². The molecule has 0 aliphatic heterocycles. The molecule has 6 heteroatoms. The first-order valence-electron chi connectivity index (χ1n) is 8.85. The normalized spacial score (nSPS) is 14.1. The second-order valence-electron chi connectivity index (χ2n) is 6.59. The van der Waals surface area contributed by atoms with Crippen LogP contribution in [0.15, 0.2) is 79.1 Å². The fraction of sp³-hybridized carbons (Fsp3) is 0.182. The van der Waals surface area contributed by atoms with E-state index in [9.17, 15) is 9.90 Å². The average Bonchev–Trinajstić information content (AvgIpc) is 2.78. The SMILES string of the molecule is C[C@@](OCc1ccc(-c2ccccc2)cc1)(C(=O)NO)[C@H](O)c1cccnc1. The van der Waals surface area contributed by atoms with Crippen LogP contribution in [0.2, 0.25) is 0 Å². The maximum atomic E-state index is 12.2. The summed E-state index contributed by atoms with van der Waals surface area (Å²) in [6, 6.07) is 21.0. The van der Waals surface area contributed by atoms with Crippen LogP contribution in [-0.4, -0.2) is 26.8 Å². The lowest BCUT2D eigenvalue weighted by molar-refractivity contribution is -0.173. The topological polar surface area (TPSA) is 91.7 Å². The zero-order valence-corrected chi connectivity index (χ0v) is 15.4. The Morgan fingerprint density at radius 3 is 2.36 bits per heavy atom. The highest BCUT2D eigenvalue weighted by atomic mass is 16.5. The number of rotatable bonds is 7. The number of benzene rings is 2. The number of pyridine rings is 1. The second kappa shape index (κ2) is 8.75. The van der Waals surface area contributed by atoms with Gasteiger partial charge in [-0.15, -0.1) is 0 Å². The van der Waals surface area contributed by atoms with Gasteiger partial charge in [-0.25, -0.2) is 5.48 Å². The van der Waals surface area contributed by atoms with Gasteiger partial charge in [0.25, 0.3) is 5.91 Å². The number of ether oxygens (including phenoxy) is 1. The number of nitrogens with one attached hydrogen (secondary N) is 1. The quantitative estimate of drug-likeness (QED) is 0.434. The predicted molar refractivity (Wildman–Crippen MR) is 104 cm³/mol. The van der Waals surface area contributed by atoms with Crippen molar-refractivity contribution in [3.63, 3.8) is 0 Å². The van der Waals surface area contributed by atoms with Crippen LogP contribution in [0.3, 0.4) is 0 Å². The molecule has 3 rings (SSSR count). The lowest BCUT2D eigenvalue weighted by Crippen LogP contribution is -2.50. The molecule has 144 valence electrons. The zero-order valence-electron chi connectivity index (χ0n) is 15.4. The molecule has 1 aromatic heterocycles. The van der Waals surface area contributed by atoms with E-state index in [4.69, 9.17) is 9.94 Å². The summed E-state index contributed by atoms with van der Waals surface area (Å²) >= 11 is 0. The smallest absolute Gasteiger partial charge is 0.278 e. The zero-order chi connectivity index (χ0) is 20.0. The average molecular weight is 378 g/mol. The molecule has 3 aromatic rings. The molecule has 0 saturated heterocycles. The maximum absolute atomic E-state index is 12.2. The van der Waals surface area contributed by atoms with Gasteiger partial charge in [-0.2, -0.15) is 0 Å². The fourth-order valence-corrected chi connectivity index (χ4v) is 2.89. The van der Waals surface area contributed by atoms with Crippen LogP contribution < -0.4 is 5.48 Å². The largest absolute Gasteiger partial charge is 0.385 e. The first kappa shape index (κ1) is 19.7. The molecular weight excluding hydrogens is 356 g/mol.